The molecule has 0 heterocycles. The zero-order valence-electron chi connectivity index (χ0n) is 7.34. The highest BCUT2D eigenvalue weighted by molar-refractivity contribution is 5.49. The Bertz CT molecular complexity index is 367. The van der Waals surface area contributed by atoms with Crippen LogP contribution in [0.25, 0.3) is 0 Å². The van der Waals surface area contributed by atoms with Crippen molar-refractivity contribution in [1.29, 1.82) is 0 Å². The summed E-state index contributed by atoms with van der Waals surface area (Å²) >= 11 is 0. The van der Waals surface area contributed by atoms with E-state index in [0.29, 0.717) is 18.4 Å². The summed E-state index contributed by atoms with van der Waals surface area (Å²) in [7, 11) is 0. The average Bonchev–Trinajstić information content (AvgIpc) is 2.89. The van der Waals surface area contributed by atoms with E-state index >= 15 is 0 Å². The van der Waals surface area contributed by atoms with Gasteiger partial charge in [-0.25, -0.2) is 8.78 Å². The van der Waals surface area contributed by atoms with Crippen LogP contribution in [-0.4, -0.2) is 12.5 Å². The van der Waals surface area contributed by atoms with E-state index in [4.69, 9.17) is 0 Å². The molecule has 1 saturated carbocycles. The summed E-state index contributed by atoms with van der Waals surface area (Å²) in [5.74, 6) is -0.930. The lowest BCUT2D eigenvalue weighted by Gasteiger charge is -2.01. The fourth-order valence-corrected chi connectivity index (χ4v) is 1.61. The van der Waals surface area contributed by atoms with Crippen molar-refractivity contribution in [1.82, 2.24) is 5.32 Å². The van der Waals surface area contributed by atoms with Crippen LogP contribution in [0, 0.1) is 11.6 Å². The van der Waals surface area contributed by atoms with E-state index in [-0.39, 0.29) is 12.0 Å². The molecule has 2 rings (SSSR count). The van der Waals surface area contributed by atoms with Crippen LogP contribution >= 0.6 is 0 Å². The van der Waals surface area contributed by atoms with E-state index in [1.807, 2.05) is 0 Å². The van der Waals surface area contributed by atoms with Crippen molar-refractivity contribution in [2.24, 2.45) is 0 Å². The fraction of sp³-hybridized carbons (Fsp3) is 0.300. The topological polar surface area (TPSA) is 29.1 Å². The summed E-state index contributed by atoms with van der Waals surface area (Å²) in [4.78, 5) is 10.1. The summed E-state index contributed by atoms with van der Waals surface area (Å²) in [5, 5.41) is 2.55. The van der Waals surface area contributed by atoms with Gasteiger partial charge < -0.3 is 5.32 Å². The second-order valence-electron chi connectivity index (χ2n) is 3.40. The third kappa shape index (κ3) is 1.60. The number of hydrogen-bond donors (Lipinski definition) is 1. The van der Waals surface area contributed by atoms with Gasteiger partial charge in [-0.1, -0.05) is 0 Å². The lowest BCUT2D eigenvalue weighted by atomic mass is 10.1. The highest BCUT2D eigenvalue weighted by Gasteiger charge is 2.39. The minimum absolute atomic E-state index is 0.0381. The van der Waals surface area contributed by atoms with E-state index < -0.39 is 11.6 Å². The van der Waals surface area contributed by atoms with Crippen LogP contribution in [-0.2, 0) is 4.79 Å². The molecule has 1 aliphatic rings. The Labute approximate surface area is 79.9 Å². The van der Waals surface area contributed by atoms with E-state index in [0.717, 1.165) is 12.1 Å². The molecule has 2 atom stereocenters. The van der Waals surface area contributed by atoms with E-state index in [2.05, 4.69) is 5.32 Å². The van der Waals surface area contributed by atoms with Crippen molar-refractivity contribution in [2.45, 2.75) is 18.4 Å². The molecule has 74 valence electrons. The second-order valence-corrected chi connectivity index (χ2v) is 3.40. The molecule has 1 N–H and O–H groups in total. The first kappa shape index (κ1) is 9.12. The molecule has 0 aliphatic heterocycles. The van der Waals surface area contributed by atoms with Gasteiger partial charge in [0.25, 0.3) is 0 Å². The maximum atomic E-state index is 13.2. The van der Waals surface area contributed by atoms with Crippen molar-refractivity contribution in [3.63, 3.8) is 0 Å². The molecule has 2 unspecified atom stereocenters. The number of benzene rings is 1. The number of halogens is 2. The van der Waals surface area contributed by atoms with Gasteiger partial charge in [-0.2, -0.15) is 0 Å². The minimum Gasteiger partial charge on any atom is -0.355 e. The van der Waals surface area contributed by atoms with Gasteiger partial charge in [0.05, 0.1) is 0 Å². The lowest BCUT2D eigenvalue weighted by molar-refractivity contribution is -0.109. The Balaban J connectivity index is 2.17. The van der Waals surface area contributed by atoms with Crippen LogP contribution in [0.4, 0.5) is 8.78 Å². The highest BCUT2D eigenvalue weighted by Crippen LogP contribution is 2.41. The molecule has 1 fully saturated rings. The first-order valence-electron chi connectivity index (χ1n) is 4.37. The molecule has 1 aromatic carbocycles. The predicted octanol–water partition coefficient (Wildman–Crippen LogP) is 1.57. The van der Waals surface area contributed by atoms with Gasteiger partial charge in [0, 0.05) is 12.0 Å². The summed E-state index contributed by atoms with van der Waals surface area (Å²) < 4.78 is 26.0. The normalized spacial score (nSPS) is 24.4. The monoisotopic (exact) mass is 197 g/mol. The number of hydrogen-bond acceptors (Lipinski definition) is 1. The largest absolute Gasteiger partial charge is 0.355 e. The first-order valence-corrected chi connectivity index (χ1v) is 4.37. The van der Waals surface area contributed by atoms with E-state index in [1.165, 1.54) is 6.07 Å². The van der Waals surface area contributed by atoms with Crippen molar-refractivity contribution in [2.75, 3.05) is 0 Å². The fourth-order valence-electron chi connectivity index (χ4n) is 1.61. The van der Waals surface area contributed by atoms with Crippen LogP contribution in [0.5, 0.6) is 0 Å². The Morgan fingerprint density at radius 2 is 2.21 bits per heavy atom. The van der Waals surface area contributed by atoms with Crippen LogP contribution < -0.4 is 5.32 Å². The zero-order chi connectivity index (χ0) is 10.1. The van der Waals surface area contributed by atoms with Crippen LogP contribution in [0.2, 0.25) is 0 Å². The van der Waals surface area contributed by atoms with E-state index in [9.17, 15) is 13.6 Å². The molecule has 1 aromatic rings. The number of amides is 1. The maximum absolute atomic E-state index is 13.2. The van der Waals surface area contributed by atoms with Crippen molar-refractivity contribution in [3.05, 3.63) is 35.4 Å². The standard InChI is InChI=1S/C10H9F2NO/c11-6-1-2-9(12)7(3-6)8-4-10(8)13-5-14/h1-3,5,8,10H,4H2,(H,13,14). The smallest absolute Gasteiger partial charge is 0.207 e. The van der Waals surface area contributed by atoms with Crippen molar-refractivity contribution < 1.29 is 13.6 Å². The maximum Gasteiger partial charge on any atom is 0.207 e. The lowest BCUT2D eigenvalue weighted by Crippen LogP contribution is -2.15. The van der Waals surface area contributed by atoms with Crippen LogP contribution in [0.1, 0.15) is 17.9 Å². The van der Waals surface area contributed by atoms with Gasteiger partial charge in [0.2, 0.25) is 6.41 Å². The quantitative estimate of drug-likeness (QED) is 0.732. The summed E-state index contributed by atoms with van der Waals surface area (Å²) in [6.07, 6.45) is 1.26. The van der Waals surface area contributed by atoms with Crippen molar-refractivity contribution in [3.8, 4) is 0 Å². The predicted molar refractivity (Wildman–Crippen MR) is 46.7 cm³/mol. The highest BCUT2D eigenvalue weighted by atomic mass is 19.1. The SMILES string of the molecule is O=CNC1CC1c1cc(F)ccc1F. The molecule has 1 amide bonds. The van der Waals surface area contributed by atoms with Gasteiger partial charge in [-0.15, -0.1) is 0 Å². The Kier molecular flexibility index (Phi) is 2.19. The van der Waals surface area contributed by atoms with Gasteiger partial charge >= 0.3 is 0 Å². The molecule has 0 spiro atoms. The van der Waals surface area contributed by atoms with Crippen LogP contribution in [0.3, 0.4) is 0 Å². The minimum atomic E-state index is -0.446. The molecule has 0 aromatic heterocycles. The van der Waals surface area contributed by atoms with Gasteiger partial charge in [0.1, 0.15) is 11.6 Å². The Morgan fingerprint density at radius 1 is 1.43 bits per heavy atom. The molecule has 1 aliphatic carbocycles. The van der Waals surface area contributed by atoms with Crippen LogP contribution in [0.15, 0.2) is 18.2 Å². The van der Waals surface area contributed by atoms with Crippen molar-refractivity contribution >= 4 is 6.41 Å². The molecule has 0 bridgehead atoms. The summed E-state index contributed by atoms with van der Waals surface area (Å²) in [5.41, 5.74) is 0.351. The molecule has 2 nitrogen and oxygen atoms in total. The summed E-state index contributed by atoms with van der Waals surface area (Å²) in [6.45, 7) is 0. The summed E-state index contributed by atoms with van der Waals surface area (Å²) in [6, 6.07) is 3.35. The molecule has 14 heavy (non-hydrogen) atoms. The molecule has 4 heteroatoms. The van der Waals surface area contributed by atoms with Gasteiger partial charge in [0.15, 0.2) is 0 Å². The van der Waals surface area contributed by atoms with Gasteiger partial charge in [-0.3, -0.25) is 4.79 Å². The molecule has 0 saturated heterocycles. The average molecular weight is 197 g/mol. The second kappa shape index (κ2) is 3.36. The number of rotatable bonds is 3. The molecular formula is C10H9F2NO. The molecule has 0 radical (unpaired) electrons. The Morgan fingerprint density at radius 3 is 2.93 bits per heavy atom. The number of nitrogens with one attached hydrogen (secondary N) is 1. The van der Waals surface area contributed by atoms with E-state index in [1.54, 1.807) is 0 Å². The number of carbonyl (C=O) groups is 1. The first-order chi connectivity index (χ1) is 6.72. The third-order valence-electron chi connectivity index (χ3n) is 2.43. The van der Waals surface area contributed by atoms with Gasteiger partial charge in [-0.05, 0) is 30.2 Å². The third-order valence-corrected chi connectivity index (χ3v) is 2.43. The molecular weight excluding hydrogens is 188 g/mol. The Hall–Kier alpha value is -1.45. The number of carbonyl (C=O) groups excluding carboxylic acids is 1. The zero-order valence-corrected chi connectivity index (χ0v) is 7.34.